The second kappa shape index (κ2) is 5.30. The third-order valence-electron chi connectivity index (χ3n) is 0.993. The number of ether oxygens (including phenoxy) is 2. The Kier molecular flexibility index (Phi) is 5.03. The summed E-state index contributed by atoms with van der Waals surface area (Å²) in [6.45, 7) is 10.0. The van der Waals surface area contributed by atoms with Gasteiger partial charge < -0.3 is 9.47 Å². The molecule has 0 aromatic carbocycles. The minimum atomic E-state index is 0.111. The smallest absolute Gasteiger partial charge is 0.118 e. The summed E-state index contributed by atoms with van der Waals surface area (Å²) in [7, 11) is 0. The van der Waals surface area contributed by atoms with Gasteiger partial charge in [0.15, 0.2) is 0 Å². The van der Waals surface area contributed by atoms with Gasteiger partial charge in [-0.3, -0.25) is 0 Å². The molecule has 0 amide bonds. The van der Waals surface area contributed by atoms with Crippen LogP contribution in [0.2, 0.25) is 0 Å². The van der Waals surface area contributed by atoms with Crippen LogP contribution in [0.5, 0.6) is 0 Å². The van der Waals surface area contributed by atoms with Gasteiger partial charge in [-0.25, -0.2) is 0 Å². The SMILES string of the molecule is C=COC(C)COC(C)C. The number of hydrogen-bond donors (Lipinski definition) is 0. The highest BCUT2D eigenvalue weighted by molar-refractivity contribution is 4.56. The quantitative estimate of drug-likeness (QED) is 0.549. The zero-order valence-electron chi connectivity index (χ0n) is 6.96. The molecule has 0 aromatic heterocycles. The first-order valence-electron chi connectivity index (χ1n) is 3.54. The van der Waals surface area contributed by atoms with E-state index in [1.807, 2.05) is 20.8 Å². The topological polar surface area (TPSA) is 18.5 Å². The van der Waals surface area contributed by atoms with E-state index in [1.54, 1.807) is 0 Å². The maximum Gasteiger partial charge on any atom is 0.118 e. The summed E-state index contributed by atoms with van der Waals surface area (Å²) in [4.78, 5) is 0. The van der Waals surface area contributed by atoms with Gasteiger partial charge >= 0.3 is 0 Å². The van der Waals surface area contributed by atoms with E-state index in [4.69, 9.17) is 9.47 Å². The Morgan fingerprint density at radius 2 is 2.00 bits per heavy atom. The van der Waals surface area contributed by atoms with E-state index in [0.29, 0.717) is 6.61 Å². The third kappa shape index (κ3) is 5.63. The Hall–Kier alpha value is -0.500. The molecule has 1 atom stereocenters. The van der Waals surface area contributed by atoms with E-state index in [9.17, 15) is 0 Å². The van der Waals surface area contributed by atoms with Crippen LogP contribution in [0, 0.1) is 0 Å². The zero-order chi connectivity index (χ0) is 7.98. The van der Waals surface area contributed by atoms with Crippen molar-refractivity contribution >= 4 is 0 Å². The summed E-state index contributed by atoms with van der Waals surface area (Å²) in [5, 5.41) is 0. The monoisotopic (exact) mass is 144 g/mol. The molecule has 1 unspecified atom stereocenters. The molecule has 60 valence electrons. The standard InChI is InChI=1S/C8H16O2/c1-5-9-8(4)6-10-7(2)3/h5,7-8H,1,6H2,2-4H3. The second-order valence-electron chi connectivity index (χ2n) is 2.50. The molecule has 0 bridgehead atoms. The molecule has 0 saturated heterocycles. The van der Waals surface area contributed by atoms with Crippen molar-refractivity contribution in [3.8, 4) is 0 Å². The van der Waals surface area contributed by atoms with Crippen LogP contribution in [0.25, 0.3) is 0 Å². The molecule has 0 saturated carbocycles. The van der Waals surface area contributed by atoms with Crippen LogP contribution < -0.4 is 0 Å². The molecule has 2 nitrogen and oxygen atoms in total. The van der Waals surface area contributed by atoms with E-state index in [2.05, 4.69) is 6.58 Å². The first kappa shape index (κ1) is 9.50. The van der Waals surface area contributed by atoms with E-state index < -0.39 is 0 Å². The molecule has 0 aliphatic carbocycles. The first-order valence-corrected chi connectivity index (χ1v) is 3.54. The van der Waals surface area contributed by atoms with Gasteiger partial charge in [0.1, 0.15) is 6.10 Å². The fraction of sp³-hybridized carbons (Fsp3) is 0.750. The fourth-order valence-electron chi connectivity index (χ4n) is 0.532. The van der Waals surface area contributed by atoms with Crippen LogP contribution in [-0.4, -0.2) is 18.8 Å². The molecular weight excluding hydrogens is 128 g/mol. The summed E-state index contributed by atoms with van der Waals surface area (Å²) in [6, 6.07) is 0. The van der Waals surface area contributed by atoms with Crippen molar-refractivity contribution in [1.82, 2.24) is 0 Å². The molecule has 0 radical (unpaired) electrons. The molecule has 2 heteroatoms. The minimum Gasteiger partial charge on any atom is -0.497 e. The zero-order valence-corrected chi connectivity index (χ0v) is 6.96. The molecule has 0 heterocycles. The summed E-state index contributed by atoms with van der Waals surface area (Å²) in [6.07, 6.45) is 1.82. The van der Waals surface area contributed by atoms with Crippen molar-refractivity contribution in [3.05, 3.63) is 12.8 Å². The van der Waals surface area contributed by atoms with E-state index >= 15 is 0 Å². The van der Waals surface area contributed by atoms with Crippen molar-refractivity contribution in [1.29, 1.82) is 0 Å². The van der Waals surface area contributed by atoms with E-state index in [1.165, 1.54) is 6.26 Å². The minimum absolute atomic E-state index is 0.111. The lowest BCUT2D eigenvalue weighted by molar-refractivity contribution is 0.00707. The van der Waals surface area contributed by atoms with Gasteiger partial charge in [0.25, 0.3) is 0 Å². The average Bonchev–Trinajstić information content (AvgIpc) is 1.85. The van der Waals surface area contributed by atoms with Crippen molar-refractivity contribution in [3.63, 3.8) is 0 Å². The van der Waals surface area contributed by atoms with Crippen LogP contribution in [-0.2, 0) is 9.47 Å². The predicted molar refractivity (Wildman–Crippen MR) is 41.8 cm³/mol. The molecule has 0 fully saturated rings. The summed E-state index contributed by atoms with van der Waals surface area (Å²) in [5.41, 5.74) is 0. The van der Waals surface area contributed by atoms with Crippen LogP contribution >= 0.6 is 0 Å². The predicted octanol–water partition coefficient (Wildman–Crippen LogP) is 1.96. The Bertz CT molecular complexity index is 89.3. The molecular formula is C8H16O2. The Labute approximate surface area is 62.8 Å². The van der Waals surface area contributed by atoms with Crippen LogP contribution in [0.4, 0.5) is 0 Å². The molecule has 0 N–H and O–H groups in total. The van der Waals surface area contributed by atoms with Crippen LogP contribution in [0.15, 0.2) is 12.8 Å². The van der Waals surface area contributed by atoms with Crippen molar-refractivity contribution in [2.24, 2.45) is 0 Å². The van der Waals surface area contributed by atoms with Crippen LogP contribution in [0.1, 0.15) is 20.8 Å². The lowest BCUT2D eigenvalue weighted by Crippen LogP contribution is -2.16. The maximum atomic E-state index is 5.28. The Morgan fingerprint density at radius 1 is 1.40 bits per heavy atom. The highest BCUT2D eigenvalue weighted by atomic mass is 16.5. The molecule has 10 heavy (non-hydrogen) atoms. The molecule has 0 aromatic rings. The van der Waals surface area contributed by atoms with Crippen molar-refractivity contribution in [2.75, 3.05) is 6.61 Å². The van der Waals surface area contributed by atoms with Gasteiger partial charge in [-0.05, 0) is 20.8 Å². The summed E-state index contributed by atoms with van der Waals surface area (Å²) >= 11 is 0. The molecule has 0 spiro atoms. The lowest BCUT2D eigenvalue weighted by atomic mass is 10.4. The van der Waals surface area contributed by atoms with E-state index in [-0.39, 0.29) is 12.2 Å². The normalized spacial score (nSPS) is 13.2. The highest BCUT2D eigenvalue weighted by Crippen LogP contribution is 1.95. The average molecular weight is 144 g/mol. The summed E-state index contributed by atoms with van der Waals surface area (Å²) in [5.74, 6) is 0. The molecule has 0 aliphatic rings. The van der Waals surface area contributed by atoms with E-state index in [0.717, 1.165) is 0 Å². The Balaban J connectivity index is 3.20. The van der Waals surface area contributed by atoms with Crippen molar-refractivity contribution < 1.29 is 9.47 Å². The van der Waals surface area contributed by atoms with Gasteiger partial charge in [-0.1, -0.05) is 6.58 Å². The Morgan fingerprint density at radius 3 is 2.40 bits per heavy atom. The maximum absolute atomic E-state index is 5.28. The van der Waals surface area contributed by atoms with Crippen molar-refractivity contribution in [2.45, 2.75) is 33.0 Å². The summed E-state index contributed by atoms with van der Waals surface area (Å²) < 4.78 is 10.3. The molecule has 0 rings (SSSR count). The highest BCUT2D eigenvalue weighted by Gasteiger charge is 2.00. The fourth-order valence-corrected chi connectivity index (χ4v) is 0.532. The number of rotatable bonds is 5. The molecule has 0 aliphatic heterocycles. The lowest BCUT2D eigenvalue weighted by Gasteiger charge is -2.13. The van der Waals surface area contributed by atoms with Gasteiger partial charge in [0.05, 0.1) is 19.0 Å². The van der Waals surface area contributed by atoms with Gasteiger partial charge in [0, 0.05) is 0 Å². The van der Waals surface area contributed by atoms with Gasteiger partial charge in [0.2, 0.25) is 0 Å². The second-order valence-corrected chi connectivity index (χ2v) is 2.50. The number of hydrogen-bond acceptors (Lipinski definition) is 2. The first-order chi connectivity index (χ1) is 4.66. The third-order valence-corrected chi connectivity index (χ3v) is 0.993. The largest absolute Gasteiger partial charge is 0.497 e. The van der Waals surface area contributed by atoms with Gasteiger partial charge in [-0.2, -0.15) is 0 Å². The van der Waals surface area contributed by atoms with Crippen LogP contribution in [0.3, 0.4) is 0 Å². The van der Waals surface area contributed by atoms with Gasteiger partial charge in [-0.15, -0.1) is 0 Å².